The van der Waals surface area contributed by atoms with Gasteiger partial charge in [0.1, 0.15) is 0 Å². The van der Waals surface area contributed by atoms with Crippen molar-refractivity contribution < 1.29 is 9.59 Å². The Morgan fingerprint density at radius 1 is 1.03 bits per heavy atom. The number of para-hydroxylation sites is 1. The SMILES string of the molecule is CCN(CC)CCN(CC(=O)N1CCC(C(=O)Nc2ccccc2)CC1)CC(C)C. The molecule has 30 heavy (non-hydrogen) atoms. The van der Waals surface area contributed by atoms with Crippen molar-refractivity contribution in [1.82, 2.24) is 14.7 Å². The van der Waals surface area contributed by atoms with Crippen LogP contribution in [0, 0.1) is 11.8 Å². The van der Waals surface area contributed by atoms with Crippen LogP contribution < -0.4 is 5.32 Å². The molecular formula is C24H40N4O2. The van der Waals surface area contributed by atoms with E-state index in [1.54, 1.807) is 0 Å². The molecular weight excluding hydrogens is 376 g/mol. The van der Waals surface area contributed by atoms with E-state index in [1.165, 1.54) is 0 Å². The van der Waals surface area contributed by atoms with Crippen molar-refractivity contribution in [3.63, 3.8) is 0 Å². The maximum absolute atomic E-state index is 12.9. The number of nitrogens with one attached hydrogen (secondary N) is 1. The fourth-order valence-corrected chi connectivity index (χ4v) is 4.02. The summed E-state index contributed by atoms with van der Waals surface area (Å²) in [4.78, 5) is 32.1. The molecule has 1 heterocycles. The maximum atomic E-state index is 12.9. The van der Waals surface area contributed by atoms with E-state index in [0.717, 1.165) is 51.3 Å². The number of nitrogens with zero attached hydrogens (tertiary/aromatic N) is 3. The quantitative estimate of drug-likeness (QED) is 0.602. The Kier molecular flexibility index (Phi) is 10.3. The lowest BCUT2D eigenvalue weighted by Crippen LogP contribution is -2.47. The molecule has 0 unspecified atom stereocenters. The highest BCUT2D eigenvalue weighted by Gasteiger charge is 2.28. The molecule has 2 amide bonds. The third kappa shape index (κ3) is 8.07. The van der Waals surface area contributed by atoms with Crippen LogP contribution in [0.3, 0.4) is 0 Å². The van der Waals surface area contributed by atoms with Gasteiger partial charge in [-0.05, 0) is 44.0 Å². The van der Waals surface area contributed by atoms with Gasteiger partial charge in [0.15, 0.2) is 0 Å². The maximum Gasteiger partial charge on any atom is 0.236 e. The normalized spacial score (nSPS) is 15.2. The fraction of sp³-hybridized carbons (Fsp3) is 0.667. The first-order chi connectivity index (χ1) is 14.4. The Labute approximate surface area is 182 Å². The summed E-state index contributed by atoms with van der Waals surface area (Å²) in [5, 5.41) is 2.99. The van der Waals surface area contributed by atoms with Crippen LogP contribution in [0.5, 0.6) is 0 Å². The van der Waals surface area contributed by atoms with Gasteiger partial charge in [0.25, 0.3) is 0 Å². The Morgan fingerprint density at radius 2 is 1.63 bits per heavy atom. The lowest BCUT2D eigenvalue weighted by atomic mass is 9.95. The molecule has 2 rings (SSSR count). The first-order valence-electron chi connectivity index (χ1n) is 11.5. The molecule has 168 valence electrons. The van der Waals surface area contributed by atoms with Crippen LogP contribution >= 0.6 is 0 Å². The fourth-order valence-electron chi connectivity index (χ4n) is 4.02. The zero-order valence-corrected chi connectivity index (χ0v) is 19.3. The summed E-state index contributed by atoms with van der Waals surface area (Å²) in [5.74, 6) is 0.761. The molecule has 1 fully saturated rings. The highest BCUT2D eigenvalue weighted by atomic mass is 16.2. The van der Waals surface area contributed by atoms with Crippen LogP contribution in [0.4, 0.5) is 5.69 Å². The predicted octanol–water partition coefficient (Wildman–Crippen LogP) is 3.16. The molecule has 6 heteroatoms. The zero-order valence-electron chi connectivity index (χ0n) is 19.3. The molecule has 0 aliphatic carbocycles. The third-order valence-electron chi connectivity index (χ3n) is 5.87. The highest BCUT2D eigenvalue weighted by molar-refractivity contribution is 5.92. The van der Waals surface area contributed by atoms with Crippen molar-refractivity contribution in [2.45, 2.75) is 40.5 Å². The lowest BCUT2D eigenvalue weighted by Gasteiger charge is -2.34. The van der Waals surface area contributed by atoms with Gasteiger partial charge in [-0.1, -0.05) is 45.9 Å². The Morgan fingerprint density at radius 3 is 2.20 bits per heavy atom. The van der Waals surface area contributed by atoms with E-state index >= 15 is 0 Å². The number of carbonyl (C=O) groups excluding carboxylic acids is 2. The lowest BCUT2D eigenvalue weighted by molar-refractivity contribution is -0.135. The molecule has 0 atom stereocenters. The van der Waals surface area contributed by atoms with Crippen molar-refractivity contribution >= 4 is 17.5 Å². The van der Waals surface area contributed by atoms with Crippen molar-refractivity contribution in [2.24, 2.45) is 11.8 Å². The van der Waals surface area contributed by atoms with Crippen LogP contribution in [0.1, 0.15) is 40.5 Å². The zero-order chi connectivity index (χ0) is 21.9. The largest absolute Gasteiger partial charge is 0.342 e. The van der Waals surface area contributed by atoms with Gasteiger partial charge in [0.2, 0.25) is 11.8 Å². The Balaban J connectivity index is 1.81. The third-order valence-corrected chi connectivity index (χ3v) is 5.87. The van der Waals surface area contributed by atoms with Crippen molar-refractivity contribution in [3.8, 4) is 0 Å². The molecule has 0 spiro atoms. The standard InChI is InChI=1S/C24H40N4O2/c1-5-26(6-2)16-17-27(18-20(3)4)19-23(29)28-14-12-21(13-15-28)24(30)25-22-10-8-7-9-11-22/h7-11,20-21H,5-6,12-19H2,1-4H3,(H,25,30). The van der Waals surface area contributed by atoms with Crippen molar-refractivity contribution in [2.75, 3.05) is 57.7 Å². The summed E-state index contributed by atoms with van der Waals surface area (Å²) in [6.07, 6.45) is 1.46. The van der Waals surface area contributed by atoms with Gasteiger partial charge in [-0.15, -0.1) is 0 Å². The minimum atomic E-state index is -0.0244. The minimum absolute atomic E-state index is 0.0244. The van der Waals surface area contributed by atoms with Gasteiger partial charge in [-0.3, -0.25) is 14.5 Å². The van der Waals surface area contributed by atoms with Crippen LogP contribution in [-0.2, 0) is 9.59 Å². The highest BCUT2D eigenvalue weighted by Crippen LogP contribution is 2.20. The smallest absolute Gasteiger partial charge is 0.236 e. The average Bonchev–Trinajstić information content (AvgIpc) is 2.74. The first-order valence-corrected chi connectivity index (χ1v) is 11.5. The van der Waals surface area contributed by atoms with Crippen LogP contribution in [0.15, 0.2) is 30.3 Å². The Hall–Kier alpha value is -1.92. The number of hydrogen-bond donors (Lipinski definition) is 1. The number of benzene rings is 1. The molecule has 1 aliphatic heterocycles. The second-order valence-corrected chi connectivity index (χ2v) is 8.67. The molecule has 1 N–H and O–H groups in total. The van der Waals surface area contributed by atoms with Gasteiger partial charge >= 0.3 is 0 Å². The van der Waals surface area contributed by atoms with E-state index in [1.807, 2.05) is 35.2 Å². The second kappa shape index (κ2) is 12.7. The van der Waals surface area contributed by atoms with Crippen molar-refractivity contribution in [1.29, 1.82) is 0 Å². The number of piperidine rings is 1. The summed E-state index contributed by atoms with van der Waals surface area (Å²) in [5.41, 5.74) is 0.832. The number of likely N-dealkylation sites (N-methyl/N-ethyl adjacent to an activating group) is 1. The molecule has 1 aromatic rings. The van der Waals surface area contributed by atoms with E-state index < -0.39 is 0 Å². The number of carbonyl (C=O) groups is 2. The summed E-state index contributed by atoms with van der Waals surface area (Å²) in [6.45, 7) is 15.5. The average molecular weight is 417 g/mol. The van der Waals surface area contributed by atoms with E-state index in [0.29, 0.717) is 25.6 Å². The number of rotatable bonds is 11. The number of anilines is 1. The van der Waals surface area contributed by atoms with Gasteiger partial charge in [-0.25, -0.2) is 0 Å². The number of amides is 2. The molecule has 0 bridgehead atoms. The van der Waals surface area contributed by atoms with Crippen LogP contribution in [0.25, 0.3) is 0 Å². The van der Waals surface area contributed by atoms with Gasteiger partial charge in [-0.2, -0.15) is 0 Å². The number of likely N-dealkylation sites (tertiary alicyclic amines) is 1. The monoisotopic (exact) mass is 416 g/mol. The van der Waals surface area contributed by atoms with Crippen LogP contribution in [0.2, 0.25) is 0 Å². The molecule has 0 saturated carbocycles. The summed E-state index contributed by atoms with van der Waals surface area (Å²) >= 11 is 0. The van der Waals surface area contributed by atoms with Gasteiger partial charge in [0, 0.05) is 44.3 Å². The van der Waals surface area contributed by atoms with Gasteiger partial charge < -0.3 is 15.1 Å². The molecule has 6 nitrogen and oxygen atoms in total. The Bertz CT molecular complexity index is 638. The molecule has 0 aromatic heterocycles. The van der Waals surface area contributed by atoms with Crippen molar-refractivity contribution in [3.05, 3.63) is 30.3 Å². The van der Waals surface area contributed by atoms with Gasteiger partial charge in [0.05, 0.1) is 6.54 Å². The topological polar surface area (TPSA) is 55.9 Å². The predicted molar refractivity (Wildman–Crippen MR) is 123 cm³/mol. The van der Waals surface area contributed by atoms with E-state index in [-0.39, 0.29) is 17.7 Å². The van der Waals surface area contributed by atoms with E-state index in [9.17, 15) is 9.59 Å². The molecule has 1 saturated heterocycles. The summed E-state index contributed by atoms with van der Waals surface area (Å²) in [6, 6.07) is 9.57. The first kappa shape index (κ1) is 24.4. The summed E-state index contributed by atoms with van der Waals surface area (Å²) < 4.78 is 0. The number of hydrogen-bond acceptors (Lipinski definition) is 4. The minimum Gasteiger partial charge on any atom is -0.342 e. The van der Waals surface area contributed by atoms with E-state index in [4.69, 9.17) is 0 Å². The molecule has 0 radical (unpaired) electrons. The summed E-state index contributed by atoms with van der Waals surface area (Å²) in [7, 11) is 0. The molecule has 1 aromatic carbocycles. The van der Waals surface area contributed by atoms with E-state index in [2.05, 4.69) is 42.8 Å². The van der Waals surface area contributed by atoms with Crippen LogP contribution in [-0.4, -0.2) is 78.9 Å². The molecule has 1 aliphatic rings. The second-order valence-electron chi connectivity index (χ2n) is 8.67.